The molecule has 0 heterocycles. The Hall–Kier alpha value is -2.62. The quantitative estimate of drug-likeness (QED) is 0.605. The topological polar surface area (TPSA) is 52.6 Å². The first-order chi connectivity index (χ1) is 11.0. The summed E-state index contributed by atoms with van der Waals surface area (Å²) in [7, 11) is 2.91. The van der Waals surface area contributed by atoms with E-state index in [0.29, 0.717) is 11.3 Å². The van der Waals surface area contributed by atoms with Crippen LogP contribution in [-0.4, -0.2) is 26.0 Å². The van der Waals surface area contributed by atoms with Crippen molar-refractivity contribution in [3.63, 3.8) is 0 Å². The lowest BCUT2D eigenvalue weighted by Crippen LogP contribution is -2.18. The fraction of sp³-hybridized carbons (Fsp3) is 0.263. The summed E-state index contributed by atoms with van der Waals surface area (Å²) in [6.45, 7) is 1.97. The van der Waals surface area contributed by atoms with Crippen molar-refractivity contribution in [1.29, 1.82) is 0 Å². The molecule has 0 aliphatic carbocycles. The van der Waals surface area contributed by atoms with Crippen LogP contribution in [0.15, 0.2) is 48.5 Å². The summed E-state index contributed by atoms with van der Waals surface area (Å²) in [6.07, 6.45) is 0.0715. The van der Waals surface area contributed by atoms with Crippen molar-refractivity contribution in [3.05, 3.63) is 65.2 Å². The van der Waals surface area contributed by atoms with Crippen LogP contribution in [0.3, 0.4) is 0 Å². The maximum Gasteiger partial charge on any atom is 0.313 e. The van der Waals surface area contributed by atoms with Crippen molar-refractivity contribution in [2.24, 2.45) is 0 Å². The number of esters is 1. The molecule has 0 bridgehead atoms. The van der Waals surface area contributed by atoms with Crippen LogP contribution in [0.4, 0.5) is 0 Å². The minimum absolute atomic E-state index is 0.0715. The third-order valence-electron chi connectivity index (χ3n) is 3.77. The van der Waals surface area contributed by atoms with Gasteiger partial charge in [0.25, 0.3) is 0 Å². The van der Waals surface area contributed by atoms with Gasteiger partial charge in [-0.15, -0.1) is 0 Å². The molecule has 0 aromatic heterocycles. The average Bonchev–Trinajstić information content (AvgIpc) is 2.59. The fourth-order valence-electron chi connectivity index (χ4n) is 2.36. The van der Waals surface area contributed by atoms with Crippen LogP contribution in [0.2, 0.25) is 0 Å². The average molecular weight is 312 g/mol. The predicted molar refractivity (Wildman–Crippen MR) is 87.9 cm³/mol. The second kappa shape index (κ2) is 7.58. The number of aryl methyl sites for hydroxylation is 1. The zero-order valence-electron chi connectivity index (χ0n) is 13.5. The van der Waals surface area contributed by atoms with E-state index >= 15 is 0 Å². The van der Waals surface area contributed by atoms with Crippen molar-refractivity contribution >= 4 is 11.8 Å². The molecule has 4 heteroatoms. The molecule has 1 atom stereocenters. The molecule has 0 saturated heterocycles. The molecular formula is C19H20O4. The molecule has 0 fully saturated rings. The summed E-state index contributed by atoms with van der Waals surface area (Å²) in [4.78, 5) is 24.5. The number of ketones is 1. The van der Waals surface area contributed by atoms with Gasteiger partial charge in [0.1, 0.15) is 5.75 Å². The van der Waals surface area contributed by atoms with Crippen LogP contribution in [0.25, 0.3) is 0 Å². The summed E-state index contributed by atoms with van der Waals surface area (Å²) in [6, 6.07) is 14.4. The first-order valence-corrected chi connectivity index (χ1v) is 7.36. The number of Topliss-reactive ketones (excluding diaryl/α,β-unsaturated/α-hetero) is 1. The van der Waals surface area contributed by atoms with Crippen LogP contribution in [0, 0.1) is 6.92 Å². The second-order valence-electron chi connectivity index (χ2n) is 5.34. The van der Waals surface area contributed by atoms with E-state index in [1.165, 1.54) is 7.11 Å². The molecule has 0 N–H and O–H groups in total. The van der Waals surface area contributed by atoms with E-state index in [4.69, 9.17) is 9.47 Å². The molecule has 2 rings (SSSR count). The highest BCUT2D eigenvalue weighted by atomic mass is 16.5. The third kappa shape index (κ3) is 4.19. The monoisotopic (exact) mass is 312 g/mol. The van der Waals surface area contributed by atoms with Crippen molar-refractivity contribution in [2.45, 2.75) is 19.3 Å². The molecule has 120 valence electrons. The Morgan fingerprint density at radius 3 is 2.09 bits per heavy atom. The first kappa shape index (κ1) is 16.7. The molecule has 0 radical (unpaired) electrons. The largest absolute Gasteiger partial charge is 0.497 e. The number of methoxy groups -OCH3 is 2. The summed E-state index contributed by atoms with van der Waals surface area (Å²) < 4.78 is 9.94. The number of rotatable bonds is 6. The number of carbonyl (C=O) groups is 2. The molecule has 0 saturated carbocycles. The molecule has 0 aliphatic heterocycles. The zero-order chi connectivity index (χ0) is 16.8. The zero-order valence-corrected chi connectivity index (χ0v) is 13.5. The van der Waals surface area contributed by atoms with Crippen molar-refractivity contribution in [1.82, 2.24) is 0 Å². The standard InChI is InChI=1S/C19H20O4/c1-13-4-6-14(7-5-13)17(19(21)23-3)12-18(20)15-8-10-16(22-2)11-9-15/h4-11,17H,12H2,1-3H3/t17-/m1/s1. The lowest BCUT2D eigenvalue weighted by Gasteiger charge is -2.15. The molecule has 0 amide bonds. The Kier molecular flexibility index (Phi) is 5.52. The lowest BCUT2D eigenvalue weighted by atomic mass is 9.91. The Morgan fingerprint density at radius 1 is 0.957 bits per heavy atom. The number of hydrogen-bond acceptors (Lipinski definition) is 4. The van der Waals surface area contributed by atoms with Crippen molar-refractivity contribution in [2.75, 3.05) is 14.2 Å². The van der Waals surface area contributed by atoms with E-state index < -0.39 is 11.9 Å². The minimum Gasteiger partial charge on any atom is -0.497 e. The van der Waals surface area contributed by atoms with E-state index in [-0.39, 0.29) is 12.2 Å². The third-order valence-corrected chi connectivity index (χ3v) is 3.77. The Balaban J connectivity index is 2.21. The highest BCUT2D eigenvalue weighted by Gasteiger charge is 2.25. The molecule has 0 spiro atoms. The van der Waals surface area contributed by atoms with Crippen LogP contribution in [-0.2, 0) is 9.53 Å². The Morgan fingerprint density at radius 2 is 1.57 bits per heavy atom. The van der Waals surface area contributed by atoms with E-state index in [1.54, 1.807) is 31.4 Å². The number of benzene rings is 2. The van der Waals surface area contributed by atoms with Gasteiger partial charge in [-0.2, -0.15) is 0 Å². The summed E-state index contributed by atoms with van der Waals surface area (Å²) in [5, 5.41) is 0. The Labute approximate surface area is 136 Å². The van der Waals surface area contributed by atoms with E-state index in [9.17, 15) is 9.59 Å². The Bertz CT molecular complexity index is 672. The van der Waals surface area contributed by atoms with Gasteiger partial charge in [0, 0.05) is 12.0 Å². The van der Waals surface area contributed by atoms with E-state index in [1.807, 2.05) is 31.2 Å². The van der Waals surface area contributed by atoms with Crippen LogP contribution < -0.4 is 4.74 Å². The van der Waals surface area contributed by atoms with Crippen molar-refractivity contribution in [3.8, 4) is 5.75 Å². The summed E-state index contributed by atoms with van der Waals surface area (Å²) >= 11 is 0. The highest BCUT2D eigenvalue weighted by Crippen LogP contribution is 2.24. The van der Waals surface area contributed by atoms with Gasteiger partial charge in [-0.1, -0.05) is 29.8 Å². The molecule has 2 aromatic carbocycles. The minimum atomic E-state index is -0.602. The molecule has 23 heavy (non-hydrogen) atoms. The number of ether oxygens (including phenoxy) is 2. The smallest absolute Gasteiger partial charge is 0.313 e. The second-order valence-corrected chi connectivity index (χ2v) is 5.34. The van der Waals surface area contributed by atoms with Gasteiger partial charge < -0.3 is 9.47 Å². The first-order valence-electron chi connectivity index (χ1n) is 7.36. The molecule has 0 unspecified atom stereocenters. The number of carbonyl (C=O) groups excluding carboxylic acids is 2. The van der Waals surface area contributed by atoms with Gasteiger partial charge in [-0.3, -0.25) is 9.59 Å². The van der Waals surface area contributed by atoms with Gasteiger partial charge in [0.2, 0.25) is 0 Å². The van der Waals surface area contributed by atoms with Gasteiger partial charge in [0.15, 0.2) is 5.78 Å². The molecule has 2 aromatic rings. The van der Waals surface area contributed by atoms with Crippen LogP contribution in [0.1, 0.15) is 33.8 Å². The van der Waals surface area contributed by atoms with Gasteiger partial charge in [-0.05, 0) is 36.8 Å². The van der Waals surface area contributed by atoms with Gasteiger partial charge >= 0.3 is 5.97 Å². The molecule has 0 aliphatic rings. The fourth-order valence-corrected chi connectivity index (χ4v) is 2.36. The number of hydrogen-bond donors (Lipinski definition) is 0. The van der Waals surface area contributed by atoms with E-state index in [2.05, 4.69) is 0 Å². The normalized spacial score (nSPS) is 11.6. The molecular weight excluding hydrogens is 292 g/mol. The SMILES string of the molecule is COC(=O)[C@H](CC(=O)c1ccc(OC)cc1)c1ccc(C)cc1. The van der Waals surface area contributed by atoms with Gasteiger partial charge in [-0.25, -0.2) is 0 Å². The lowest BCUT2D eigenvalue weighted by molar-refractivity contribution is -0.142. The van der Waals surface area contributed by atoms with Crippen LogP contribution >= 0.6 is 0 Å². The van der Waals surface area contributed by atoms with Crippen molar-refractivity contribution < 1.29 is 19.1 Å². The van der Waals surface area contributed by atoms with E-state index in [0.717, 1.165) is 11.1 Å². The maximum absolute atomic E-state index is 12.5. The summed E-state index contributed by atoms with van der Waals surface area (Å²) in [5.41, 5.74) is 2.43. The maximum atomic E-state index is 12.5. The molecule has 4 nitrogen and oxygen atoms in total. The van der Waals surface area contributed by atoms with Crippen LogP contribution in [0.5, 0.6) is 5.75 Å². The highest BCUT2D eigenvalue weighted by molar-refractivity contribution is 5.99. The van der Waals surface area contributed by atoms with Gasteiger partial charge in [0.05, 0.1) is 20.1 Å². The predicted octanol–water partition coefficient (Wildman–Crippen LogP) is 3.53. The summed E-state index contributed by atoms with van der Waals surface area (Å²) in [5.74, 6) is -0.431.